The highest BCUT2D eigenvalue weighted by molar-refractivity contribution is 9.10. The normalized spacial score (nSPS) is 10.8. The van der Waals surface area contributed by atoms with Crippen LogP contribution in [0.2, 0.25) is 0 Å². The van der Waals surface area contributed by atoms with E-state index in [1.54, 1.807) is 12.3 Å². The number of aromatic nitrogens is 2. The number of furan rings is 1. The molecule has 2 aromatic rings. The molecule has 0 aliphatic carbocycles. The van der Waals surface area contributed by atoms with Crippen molar-refractivity contribution in [1.29, 1.82) is 0 Å². The fourth-order valence-electron chi connectivity index (χ4n) is 1.15. The van der Waals surface area contributed by atoms with Crippen LogP contribution in [0.5, 0.6) is 0 Å². The highest BCUT2D eigenvalue weighted by Gasteiger charge is 2.13. The van der Waals surface area contributed by atoms with Gasteiger partial charge in [0, 0.05) is 13.0 Å². The van der Waals surface area contributed by atoms with Gasteiger partial charge in [0.2, 0.25) is 0 Å². The predicted molar refractivity (Wildman–Crippen MR) is 57.3 cm³/mol. The van der Waals surface area contributed by atoms with Gasteiger partial charge in [0.1, 0.15) is 0 Å². The number of nitrogens with one attached hydrogen (secondary N) is 1. The molecule has 0 aliphatic rings. The highest BCUT2D eigenvalue weighted by atomic mass is 79.9. The lowest BCUT2D eigenvalue weighted by atomic mass is 10.3. The zero-order valence-corrected chi connectivity index (χ0v) is 9.74. The van der Waals surface area contributed by atoms with E-state index >= 15 is 0 Å². The average Bonchev–Trinajstić information content (AvgIpc) is 2.83. The summed E-state index contributed by atoms with van der Waals surface area (Å²) in [7, 11) is 1.88. The minimum Gasteiger partial charge on any atom is -0.457 e. The van der Waals surface area contributed by atoms with Crippen LogP contribution in [0.25, 0.3) is 11.5 Å². The Kier molecular flexibility index (Phi) is 3.17. The van der Waals surface area contributed by atoms with Crippen LogP contribution in [0.15, 0.2) is 25.9 Å². The fraction of sp³-hybridized carbons (Fsp3) is 0.333. The van der Waals surface area contributed by atoms with Gasteiger partial charge >= 0.3 is 0 Å². The first kappa shape index (κ1) is 10.4. The van der Waals surface area contributed by atoms with Crippen molar-refractivity contribution in [2.75, 3.05) is 13.6 Å². The summed E-state index contributed by atoms with van der Waals surface area (Å²) in [6.45, 7) is 0.825. The summed E-state index contributed by atoms with van der Waals surface area (Å²) >= 11 is 3.26. The SMILES string of the molecule is CNCCc1noc(-c2ccoc2Br)n1. The monoisotopic (exact) mass is 271 g/mol. The summed E-state index contributed by atoms with van der Waals surface area (Å²) in [5, 5.41) is 6.88. The lowest BCUT2D eigenvalue weighted by molar-refractivity contribution is 0.420. The van der Waals surface area contributed by atoms with Gasteiger partial charge in [-0.2, -0.15) is 4.98 Å². The van der Waals surface area contributed by atoms with E-state index in [0.29, 0.717) is 16.4 Å². The van der Waals surface area contributed by atoms with Crippen LogP contribution in [-0.2, 0) is 6.42 Å². The van der Waals surface area contributed by atoms with Crippen molar-refractivity contribution >= 4 is 15.9 Å². The third kappa shape index (κ3) is 2.27. The van der Waals surface area contributed by atoms with Crippen molar-refractivity contribution in [2.45, 2.75) is 6.42 Å². The summed E-state index contributed by atoms with van der Waals surface area (Å²) in [4.78, 5) is 4.24. The molecule has 0 spiro atoms. The zero-order valence-electron chi connectivity index (χ0n) is 8.16. The summed E-state index contributed by atoms with van der Waals surface area (Å²) in [5.74, 6) is 1.16. The molecule has 0 atom stereocenters. The van der Waals surface area contributed by atoms with E-state index in [9.17, 15) is 0 Å². The van der Waals surface area contributed by atoms with Gasteiger partial charge in [-0.05, 0) is 29.0 Å². The maximum atomic E-state index is 5.11. The van der Waals surface area contributed by atoms with Crippen LogP contribution in [0.4, 0.5) is 0 Å². The fourth-order valence-corrected chi connectivity index (χ4v) is 1.56. The Labute approximate surface area is 95.0 Å². The number of likely N-dealkylation sites (N-methyl/N-ethyl adjacent to an activating group) is 1. The topological polar surface area (TPSA) is 64.1 Å². The third-order valence-corrected chi connectivity index (χ3v) is 2.53. The second kappa shape index (κ2) is 4.59. The Balaban J connectivity index is 2.17. The molecular weight excluding hydrogens is 262 g/mol. The molecule has 0 bridgehead atoms. The van der Waals surface area contributed by atoms with Crippen molar-refractivity contribution in [1.82, 2.24) is 15.5 Å². The van der Waals surface area contributed by atoms with Crippen LogP contribution in [0.1, 0.15) is 5.82 Å². The van der Waals surface area contributed by atoms with E-state index in [4.69, 9.17) is 8.94 Å². The Hall–Kier alpha value is -1.14. The van der Waals surface area contributed by atoms with E-state index in [-0.39, 0.29) is 0 Å². The molecule has 15 heavy (non-hydrogen) atoms. The van der Waals surface area contributed by atoms with E-state index in [1.165, 1.54) is 0 Å². The van der Waals surface area contributed by atoms with Gasteiger partial charge in [-0.3, -0.25) is 0 Å². The summed E-state index contributed by atoms with van der Waals surface area (Å²) in [6, 6.07) is 1.78. The Morgan fingerprint density at radius 3 is 3.07 bits per heavy atom. The average molecular weight is 272 g/mol. The molecule has 6 heteroatoms. The van der Waals surface area contributed by atoms with Crippen LogP contribution in [-0.4, -0.2) is 23.7 Å². The Morgan fingerprint density at radius 2 is 2.40 bits per heavy atom. The summed E-state index contributed by atoms with van der Waals surface area (Å²) < 4.78 is 10.8. The van der Waals surface area contributed by atoms with E-state index in [1.807, 2.05) is 7.05 Å². The lowest BCUT2D eigenvalue weighted by Crippen LogP contribution is -2.10. The Bertz CT molecular complexity index is 438. The van der Waals surface area contributed by atoms with Crippen LogP contribution >= 0.6 is 15.9 Å². The lowest BCUT2D eigenvalue weighted by Gasteiger charge is -1.90. The molecule has 0 fully saturated rings. The number of halogens is 1. The molecule has 1 N–H and O–H groups in total. The van der Waals surface area contributed by atoms with E-state index < -0.39 is 0 Å². The maximum Gasteiger partial charge on any atom is 0.262 e. The van der Waals surface area contributed by atoms with E-state index in [2.05, 4.69) is 31.4 Å². The number of hydrogen-bond donors (Lipinski definition) is 1. The van der Waals surface area contributed by atoms with Gasteiger partial charge in [-0.25, -0.2) is 0 Å². The van der Waals surface area contributed by atoms with Crippen molar-refractivity contribution in [3.63, 3.8) is 0 Å². The quantitative estimate of drug-likeness (QED) is 0.920. The molecule has 0 saturated heterocycles. The molecule has 0 aromatic carbocycles. The number of hydrogen-bond acceptors (Lipinski definition) is 5. The molecule has 2 aromatic heterocycles. The van der Waals surface area contributed by atoms with Gasteiger partial charge < -0.3 is 14.3 Å². The first-order valence-corrected chi connectivity index (χ1v) is 5.31. The van der Waals surface area contributed by atoms with Gasteiger partial charge in [-0.1, -0.05) is 5.16 Å². The summed E-state index contributed by atoms with van der Waals surface area (Å²) in [6.07, 6.45) is 2.31. The highest BCUT2D eigenvalue weighted by Crippen LogP contribution is 2.27. The predicted octanol–water partition coefficient (Wildman–Crippen LogP) is 1.85. The van der Waals surface area contributed by atoms with Crippen LogP contribution in [0.3, 0.4) is 0 Å². The second-order valence-corrected chi connectivity index (χ2v) is 3.70. The first-order valence-electron chi connectivity index (χ1n) is 4.52. The Morgan fingerprint density at radius 1 is 1.53 bits per heavy atom. The molecule has 80 valence electrons. The van der Waals surface area contributed by atoms with Gasteiger partial charge in [0.25, 0.3) is 5.89 Å². The smallest absolute Gasteiger partial charge is 0.262 e. The molecule has 0 amide bonds. The second-order valence-electron chi connectivity index (χ2n) is 2.98. The number of rotatable bonds is 4. The number of nitrogens with zero attached hydrogens (tertiary/aromatic N) is 2. The van der Waals surface area contributed by atoms with Gasteiger partial charge in [0.05, 0.1) is 11.8 Å². The van der Waals surface area contributed by atoms with E-state index in [0.717, 1.165) is 18.5 Å². The minimum absolute atomic E-state index is 0.474. The van der Waals surface area contributed by atoms with Crippen molar-refractivity contribution in [3.8, 4) is 11.5 Å². The molecule has 5 nitrogen and oxygen atoms in total. The molecule has 0 saturated carbocycles. The first-order chi connectivity index (χ1) is 7.31. The standard InChI is InChI=1S/C9H10BrN3O2/c1-11-4-2-7-12-9(15-13-7)6-3-5-14-8(6)10/h3,5,11H,2,4H2,1H3. The third-order valence-electron chi connectivity index (χ3n) is 1.92. The molecule has 2 heterocycles. The molecule has 0 unspecified atom stereocenters. The van der Waals surface area contributed by atoms with Gasteiger partial charge in [-0.15, -0.1) is 0 Å². The van der Waals surface area contributed by atoms with Crippen molar-refractivity contribution in [3.05, 3.63) is 22.8 Å². The minimum atomic E-state index is 0.474. The van der Waals surface area contributed by atoms with Crippen LogP contribution in [0, 0.1) is 0 Å². The molecule has 2 rings (SSSR count). The molecule has 0 aliphatic heterocycles. The summed E-state index contributed by atoms with van der Waals surface area (Å²) in [5.41, 5.74) is 0.776. The van der Waals surface area contributed by atoms with Crippen molar-refractivity contribution < 1.29 is 8.94 Å². The van der Waals surface area contributed by atoms with Crippen LogP contribution < -0.4 is 5.32 Å². The largest absolute Gasteiger partial charge is 0.457 e. The maximum absolute atomic E-state index is 5.11. The molecule has 0 radical (unpaired) electrons. The van der Waals surface area contributed by atoms with Crippen molar-refractivity contribution in [2.24, 2.45) is 0 Å². The zero-order chi connectivity index (χ0) is 10.7. The molecular formula is C9H10BrN3O2. The van der Waals surface area contributed by atoms with Gasteiger partial charge in [0.15, 0.2) is 10.5 Å².